The van der Waals surface area contributed by atoms with E-state index in [1.54, 1.807) is 23.8 Å². The molecule has 0 aromatic heterocycles. The van der Waals surface area contributed by atoms with Crippen molar-refractivity contribution in [1.82, 2.24) is 10.2 Å². The van der Waals surface area contributed by atoms with Crippen LogP contribution < -0.4 is 10.1 Å². The van der Waals surface area contributed by atoms with Crippen molar-refractivity contribution in [3.8, 4) is 5.75 Å². The third-order valence-electron chi connectivity index (χ3n) is 5.97. The molecule has 33 heavy (non-hydrogen) atoms. The lowest BCUT2D eigenvalue weighted by Crippen LogP contribution is -2.49. The molecule has 5 nitrogen and oxygen atoms in total. The second-order valence-electron chi connectivity index (χ2n) is 8.45. The summed E-state index contributed by atoms with van der Waals surface area (Å²) >= 11 is 7.65. The van der Waals surface area contributed by atoms with E-state index in [0.717, 1.165) is 54.1 Å². The Morgan fingerprint density at radius 1 is 1.18 bits per heavy atom. The summed E-state index contributed by atoms with van der Waals surface area (Å²) in [5.41, 5.74) is 0.943. The van der Waals surface area contributed by atoms with Gasteiger partial charge in [0.2, 0.25) is 11.8 Å². The van der Waals surface area contributed by atoms with E-state index in [1.807, 2.05) is 55.5 Å². The number of nitrogens with one attached hydrogen (secondary N) is 1. The maximum Gasteiger partial charge on any atom is 0.242 e. The minimum Gasteiger partial charge on any atom is -0.497 e. The van der Waals surface area contributed by atoms with Crippen molar-refractivity contribution in [2.45, 2.75) is 69.0 Å². The van der Waals surface area contributed by atoms with Gasteiger partial charge < -0.3 is 15.0 Å². The average molecular weight is 489 g/mol. The highest BCUT2D eigenvalue weighted by molar-refractivity contribution is 7.99. The molecule has 3 rings (SSSR count). The first-order chi connectivity index (χ1) is 16.0. The van der Waals surface area contributed by atoms with Crippen molar-refractivity contribution in [3.05, 3.63) is 59.1 Å². The molecule has 0 heterocycles. The molecule has 2 aromatic carbocycles. The standard InChI is InChI=1S/C26H33ClN2O3S/c1-19(26(31)28-22-8-3-4-9-22)29(18-20-7-5-10-23(17-20)32-2)25(30)11-6-16-33-24-14-12-21(27)13-15-24/h5,7,10,12-15,17,19,22H,3-4,6,8-9,11,16,18H2,1-2H3,(H,28,31)/t19-/m1/s1. The molecule has 0 aliphatic heterocycles. The van der Waals surface area contributed by atoms with Crippen LogP contribution in [0.3, 0.4) is 0 Å². The Bertz CT molecular complexity index is 916. The van der Waals surface area contributed by atoms with E-state index in [2.05, 4.69) is 5.32 Å². The highest BCUT2D eigenvalue weighted by Crippen LogP contribution is 2.23. The molecule has 0 saturated heterocycles. The third kappa shape index (κ3) is 7.97. The van der Waals surface area contributed by atoms with Crippen LogP contribution in [0.5, 0.6) is 5.75 Å². The average Bonchev–Trinajstić information content (AvgIpc) is 3.34. The lowest BCUT2D eigenvalue weighted by atomic mass is 10.1. The van der Waals surface area contributed by atoms with Gasteiger partial charge in [-0.15, -0.1) is 11.8 Å². The van der Waals surface area contributed by atoms with E-state index < -0.39 is 6.04 Å². The second kappa shape index (κ2) is 12.9. The molecule has 7 heteroatoms. The van der Waals surface area contributed by atoms with Crippen LogP contribution >= 0.6 is 23.4 Å². The molecule has 2 aromatic rings. The largest absolute Gasteiger partial charge is 0.497 e. The summed E-state index contributed by atoms with van der Waals surface area (Å²) in [7, 11) is 1.62. The maximum atomic E-state index is 13.2. The van der Waals surface area contributed by atoms with Crippen molar-refractivity contribution in [1.29, 1.82) is 0 Å². The van der Waals surface area contributed by atoms with Crippen molar-refractivity contribution in [2.75, 3.05) is 12.9 Å². The van der Waals surface area contributed by atoms with Crippen LogP contribution in [0.2, 0.25) is 5.02 Å². The quantitative estimate of drug-likeness (QED) is 0.325. The number of methoxy groups -OCH3 is 1. The lowest BCUT2D eigenvalue weighted by molar-refractivity contribution is -0.140. The van der Waals surface area contributed by atoms with Gasteiger partial charge in [-0.1, -0.05) is 36.6 Å². The van der Waals surface area contributed by atoms with Gasteiger partial charge in [0.05, 0.1) is 7.11 Å². The van der Waals surface area contributed by atoms with E-state index in [4.69, 9.17) is 16.3 Å². The molecule has 0 unspecified atom stereocenters. The Balaban J connectivity index is 1.61. The first kappa shape index (κ1) is 25.4. The number of benzene rings is 2. The van der Waals surface area contributed by atoms with Crippen molar-refractivity contribution in [3.63, 3.8) is 0 Å². The van der Waals surface area contributed by atoms with Gasteiger partial charge in [-0.2, -0.15) is 0 Å². The van der Waals surface area contributed by atoms with Gasteiger partial charge in [-0.25, -0.2) is 0 Å². The SMILES string of the molecule is COc1cccc(CN(C(=O)CCCSc2ccc(Cl)cc2)[C@H](C)C(=O)NC2CCCC2)c1. The number of hydrogen-bond donors (Lipinski definition) is 1. The molecule has 1 aliphatic rings. The van der Waals surface area contributed by atoms with Gasteiger partial charge >= 0.3 is 0 Å². The molecule has 0 bridgehead atoms. The molecule has 1 atom stereocenters. The Hall–Kier alpha value is -2.18. The van der Waals surface area contributed by atoms with Crippen LogP contribution in [-0.2, 0) is 16.1 Å². The van der Waals surface area contributed by atoms with Gasteiger partial charge in [-0.05, 0) is 73.9 Å². The van der Waals surface area contributed by atoms with Crippen LogP contribution in [0, 0.1) is 0 Å². The van der Waals surface area contributed by atoms with E-state index in [9.17, 15) is 9.59 Å². The molecule has 2 amide bonds. The van der Waals surface area contributed by atoms with Gasteiger partial charge in [0, 0.05) is 28.9 Å². The van der Waals surface area contributed by atoms with Crippen LogP contribution in [-0.4, -0.2) is 41.7 Å². The summed E-state index contributed by atoms with van der Waals surface area (Å²) in [5, 5.41) is 3.86. The molecule has 178 valence electrons. The number of nitrogens with zero attached hydrogens (tertiary/aromatic N) is 1. The third-order valence-corrected chi connectivity index (χ3v) is 7.32. The van der Waals surface area contributed by atoms with Gasteiger partial charge in [-0.3, -0.25) is 9.59 Å². The van der Waals surface area contributed by atoms with E-state index >= 15 is 0 Å². The number of hydrogen-bond acceptors (Lipinski definition) is 4. The summed E-state index contributed by atoms with van der Waals surface area (Å²) < 4.78 is 5.33. The monoisotopic (exact) mass is 488 g/mol. The van der Waals surface area contributed by atoms with Crippen molar-refractivity contribution in [2.24, 2.45) is 0 Å². The summed E-state index contributed by atoms with van der Waals surface area (Å²) in [6, 6.07) is 15.1. The molecule has 1 N–H and O–H groups in total. The highest BCUT2D eigenvalue weighted by Gasteiger charge is 2.28. The number of halogens is 1. The zero-order valence-corrected chi connectivity index (χ0v) is 21.0. The number of carbonyl (C=O) groups excluding carboxylic acids is 2. The number of ether oxygens (including phenoxy) is 1. The zero-order chi connectivity index (χ0) is 23.6. The maximum absolute atomic E-state index is 13.2. The van der Waals surface area contributed by atoms with Crippen LogP contribution in [0.25, 0.3) is 0 Å². The molecule has 1 aliphatic carbocycles. The Kier molecular flexibility index (Phi) is 9.95. The number of amides is 2. The van der Waals surface area contributed by atoms with Gasteiger partial charge in [0.25, 0.3) is 0 Å². The number of thioether (sulfide) groups is 1. The first-order valence-electron chi connectivity index (χ1n) is 11.6. The smallest absolute Gasteiger partial charge is 0.242 e. The van der Waals surface area contributed by atoms with Gasteiger partial charge in [0.15, 0.2) is 0 Å². The first-order valence-corrected chi connectivity index (χ1v) is 12.9. The molecule has 1 fully saturated rings. The Labute approximate surface area is 206 Å². The predicted octanol–water partition coefficient (Wildman–Crippen LogP) is 5.70. The van der Waals surface area contributed by atoms with Crippen LogP contribution in [0.1, 0.15) is 51.0 Å². The second-order valence-corrected chi connectivity index (χ2v) is 10.0. The molecule has 1 saturated carbocycles. The van der Waals surface area contributed by atoms with Crippen molar-refractivity contribution < 1.29 is 14.3 Å². The van der Waals surface area contributed by atoms with E-state index in [-0.39, 0.29) is 17.9 Å². The summed E-state index contributed by atoms with van der Waals surface area (Å²) in [5.74, 6) is 1.47. The molecular weight excluding hydrogens is 456 g/mol. The lowest BCUT2D eigenvalue weighted by Gasteiger charge is -2.30. The zero-order valence-electron chi connectivity index (χ0n) is 19.4. The number of carbonyl (C=O) groups is 2. The van der Waals surface area contributed by atoms with E-state index in [0.29, 0.717) is 18.0 Å². The highest BCUT2D eigenvalue weighted by atomic mass is 35.5. The summed E-state index contributed by atoms with van der Waals surface area (Å²) in [6.07, 6.45) is 5.46. The summed E-state index contributed by atoms with van der Waals surface area (Å²) in [4.78, 5) is 29.0. The molecular formula is C26H33ClN2O3S. The fraction of sp³-hybridized carbons (Fsp3) is 0.462. The number of rotatable bonds is 11. The Morgan fingerprint density at radius 3 is 2.61 bits per heavy atom. The molecule has 0 spiro atoms. The topological polar surface area (TPSA) is 58.6 Å². The van der Waals surface area contributed by atoms with Crippen LogP contribution in [0.4, 0.5) is 0 Å². The fourth-order valence-corrected chi connectivity index (χ4v) is 5.01. The van der Waals surface area contributed by atoms with Crippen molar-refractivity contribution >= 4 is 35.2 Å². The summed E-state index contributed by atoms with van der Waals surface area (Å²) in [6.45, 7) is 2.20. The minimum absolute atomic E-state index is 0.0106. The van der Waals surface area contributed by atoms with Gasteiger partial charge in [0.1, 0.15) is 11.8 Å². The van der Waals surface area contributed by atoms with Crippen LogP contribution in [0.15, 0.2) is 53.4 Å². The fourth-order valence-electron chi connectivity index (χ4n) is 4.03. The minimum atomic E-state index is -0.534. The predicted molar refractivity (Wildman–Crippen MR) is 135 cm³/mol. The van der Waals surface area contributed by atoms with E-state index in [1.165, 1.54) is 0 Å². The Morgan fingerprint density at radius 2 is 1.91 bits per heavy atom. The molecule has 0 radical (unpaired) electrons. The normalized spacial score (nSPS) is 14.6.